The standard InChI is InChI=1S/C15H24N6O/c1-5-6-12(4)18-15(22)20-21(10-11(2)3)14-7-8-17-13(9-16)19-14/h7-8,11-12H,5-6,10H2,1-4H3,(H2,18,20,22). The molecule has 0 saturated carbocycles. The summed E-state index contributed by atoms with van der Waals surface area (Å²) < 4.78 is 0. The number of rotatable bonds is 7. The summed E-state index contributed by atoms with van der Waals surface area (Å²) in [7, 11) is 0. The predicted molar refractivity (Wildman–Crippen MR) is 85.0 cm³/mol. The van der Waals surface area contributed by atoms with E-state index in [1.165, 1.54) is 6.20 Å². The smallest absolute Gasteiger partial charge is 0.333 e. The van der Waals surface area contributed by atoms with Crippen molar-refractivity contribution in [1.29, 1.82) is 5.26 Å². The number of amides is 2. The largest absolute Gasteiger partial charge is 0.334 e. The summed E-state index contributed by atoms with van der Waals surface area (Å²) >= 11 is 0. The van der Waals surface area contributed by atoms with Gasteiger partial charge in [-0.25, -0.2) is 15.2 Å². The maximum atomic E-state index is 12.1. The van der Waals surface area contributed by atoms with Gasteiger partial charge in [0.25, 0.3) is 0 Å². The maximum Gasteiger partial charge on any atom is 0.333 e. The highest BCUT2D eigenvalue weighted by atomic mass is 16.2. The van der Waals surface area contributed by atoms with Gasteiger partial charge in [-0.3, -0.25) is 5.01 Å². The second-order valence-electron chi connectivity index (χ2n) is 5.63. The van der Waals surface area contributed by atoms with Crippen molar-refractivity contribution in [1.82, 2.24) is 20.7 Å². The van der Waals surface area contributed by atoms with E-state index in [1.807, 2.05) is 26.8 Å². The zero-order valence-corrected chi connectivity index (χ0v) is 13.6. The van der Waals surface area contributed by atoms with Crippen LogP contribution in [0, 0.1) is 17.2 Å². The van der Waals surface area contributed by atoms with Gasteiger partial charge in [0, 0.05) is 24.8 Å². The van der Waals surface area contributed by atoms with Crippen LogP contribution in [-0.4, -0.2) is 28.6 Å². The van der Waals surface area contributed by atoms with Gasteiger partial charge in [-0.15, -0.1) is 0 Å². The summed E-state index contributed by atoms with van der Waals surface area (Å²) in [6.07, 6.45) is 3.44. The molecule has 1 aromatic heterocycles. The predicted octanol–water partition coefficient (Wildman–Crippen LogP) is 2.21. The molecule has 0 saturated heterocycles. The number of aromatic nitrogens is 2. The first-order valence-corrected chi connectivity index (χ1v) is 7.54. The Morgan fingerprint density at radius 3 is 2.77 bits per heavy atom. The normalized spacial score (nSPS) is 11.6. The molecule has 0 aliphatic heterocycles. The first-order chi connectivity index (χ1) is 10.5. The summed E-state index contributed by atoms with van der Waals surface area (Å²) in [5.41, 5.74) is 2.79. The Balaban J connectivity index is 2.80. The summed E-state index contributed by atoms with van der Waals surface area (Å²) in [4.78, 5) is 20.0. The molecule has 0 aliphatic rings. The number of anilines is 1. The van der Waals surface area contributed by atoms with Crippen LogP contribution in [0.25, 0.3) is 0 Å². The summed E-state index contributed by atoms with van der Waals surface area (Å²) in [6.45, 7) is 8.70. The van der Waals surface area contributed by atoms with E-state index in [4.69, 9.17) is 5.26 Å². The van der Waals surface area contributed by atoms with Crippen molar-refractivity contribution in [2.45, 2.75) is 46.6 Å². The van der Waals surface area contributed by atoms with Crippen molar-refractivity contribution in [2.75, 3.05) is 11.6 Å². The third kappa shape index (κ3) is 5.95. The van der Waals surface area contributed by atoms with Crippen LogP contribution in [0.3, 0.4) is 0 Å². The van der Waals surface area contributed by atoms with E-state index in [0.29, 0.717) is 18.3 Å². The summed E-state index contributed by atoms with van der Waals surface area (Å²) in [5.74, 6) is 0.889. The molecule has 1 heterocycles. The van der Waals surface area contributed by atoms with Crippen molar-refractivity contribution in [3.63, 3.8) is 0 Å². The van der Waals surface area contributed by atoms with Crippen molar-refractivity contribution in [3.8, 4) is 6.07 Å². The van der Waals surface area contributed by atoms with E-state index < -0.39 is 0 Å². The molecule has 1 atom stereocenters. The van der Waals surface area contributed by atoms with Crippen LogP contribution in [0.15, 0.2) is 12.3 Å². The number of hydrazine groups is 1. The third-order valence-electron chi connectivity index (χ3n) is 2.90. The first kappa shape index (κ1) is 17.7. The van der Waals surface area contributed by atoms with Crippen molar-refractivity contribution < 1.29 is 4.79 Å². The number of nitrogens with zero attached hydrogens (tertiary/aromatic N) is 4. The molecular weight excluding hydrogens is 280 g/mol. The third-order valence-corrected chi connectivity index (χ3v) is 2.90. The first-order valence-electron chi connectivity index (χ1n) is 7.54. The van der Waals surface area contributed by atoms with Gasteiger partial charge in [-0.05, 0) is 19.3 Å². The van der Waals surface area contributed by atoms with E-state index >= 15 is 0 Å². The number of hydrogen-bond acceptors (Lipinski definition) is 5. The molecule has 0 fully saturated rings. The van der Waals surface area contributed by atoms with Crippen molar-refractivity contribution in [2.24, 2.45) is 5.92 Å². The quantitative estimate of drug-likeness (QED) is 0.753. The van der Waals surface area contributed by atoms with E-state index in [2.05, 4.69) is 27.6 Å². The number of nitriles is 1. The van der Waals surface area contributed by atoms with E-state index in [9.17, 15) is 4.79 Å². The minimum atomic E-state index is -0.279. The zero-order valence-electron chi connectivity index (χ0n) is 13.6. The van der Waals surface area contributed by atoms with Crippen LogP contribution in [0.2, 0.25) is 0 Å². The van der Waals surface area contributed by atoms with E-state index in [1.54, 1.807) is 11.1 Å². The molecule has 22 heavy (non-hydrogen) atoms. The zero-order chi connectivity index (χ0) is 16.5. The fraction of sp³-hybridized carbons (Fsp3) is 0.600. The monoisotopic (exact) mass is 304 g/mol. The number of carbonyl (C=O) groups excluding carboxylic acids is 1. The van der Waals surface area contributed by atoms with Crippen LogP contribution < -0.4 is 15.8 Å². The molecule has 1 aromatic rings. The molecule has 2 amide bonds. The molecule has 0 aromatic carbocycles. The number of urea groups is 1. The lowest BCUT2D eigenvalue weighted by Gasteiger charge is -2.26. The van der Waals surface area contributed by atoms with Crippen LogP contribution >= 0.6 is 0 Å². The lowest BCUT2D eigenvalue weighted by atomic mass is 10.2. The highest BCUT2D eigenvalue weighted by Gasteiger charge is 2.15. The molecule has 1 rings (SSSR count). The lowest BCUT2D eigenvalue weighted by molar-refractivity contribution is 0.235. The highest BCUT2D eigenvalue weighted by Crippen LogP contribution is 2.10. The van der Waals surface area contributed by atoms with E-state index in [0.717, 1.165) is 12.8 Å². The van der Waals surface area contributed by atoms with Gasteiger partial charge >= 0.3 is 6.03 Å². The molecule has 7 nitrogen and oxygen atoms in total. The van der Waals surface area contributed by atoms with Gasteiger partial charge in [0.05, 0.1) is 0 Å². The Bertz CT molecular complexity index is 525. The molecule has 0 aliphatic carbocycles. The van der Waals surface area contributed by atoms with Gasteiger partial charge in [-0.1, -0.05) is 27.2 Å². The van der Waals surface area contributed by atoms with Gasteiger partial charge < -0.3 is 5.32 Å². The fourth-order valence-corrected chi connectivity index (χ4v) is 2.00. The van der Waals surface area contributed by atoms with Gasteiger partial charge in [0.1, 0.15) is 6.07 Å². The lowest BCUT2D eigenvalue weighted by Crippen LogP contribution is -2.51. The van der Waals surface area contributed by atoms with Gasteiger partial charge in [0.2, 0.25) is 5.82 Å². The molecule has 0 spiro atoms. The van der Waals surface area contributed by atoms with Crippen molar-refractivity contribution in [3.05, 3.63) is 18.1 Å². The average molecular weight is 304 g/mol. The number of nitrogens with one attached hydrogen (secondary N) is 2. The van der Waals surface area contributed by atoms with Crippen LogP contribution in [-0.2, 0) is 0 Å². The molecule has 1 unspecified atom stereocenters. The molecule has 7 heteroatoms. The van der Waals surface area contributed by atoms with Gasteiger partial charge in [0.15, 0.2) is 5.82 Å². The second kappa shape index (κ2) is 8.82. The Morgan fingerprint density at radius 1 is 1.45 bits per heavy atom. The van der Waals surface area contributed by atoms with Crippen LogP contribution in [0.1, 0.15) is 46.4 Å². The maximum absolute atomic E-state index is 12.1. The highest BCUT2D eigenvalue weighted by molar-refractivity contribution is 5.76. The van der Waals surface area contributed by atoms with Gasteiger partial charge in [-0.2, -0.15) is 10.2 Å². The fourth-order valence-electron chi connectivity index (χ4n) is 2.00. The summed E-state index contributed by atoms with van der Waals surface area (Å²) in [5, 5.41) is 13.4. The second-order valence-corrected chi connectivity index (χ2v) is 5.63. The number of hydrogen-bond donors (Lipinski definition) is 2. The molecule has 120 valence electrons. The Hall–Kier alpha value is -2.36. The number of carbonyl (C=O) groups is 1. The Labute approximate surface area is 131 Å². The van der Waals surface area contributed by atoms with Crippen molar-refractivity contribution >= 4 is 11.8 Å². The van der Waals surface area contributed by atoms with Crippen LogP contribution in [0.5, 0.6) is 0 Å². The topological polar surface area (TPSA) is 93.9 Å². The molecule has 0 radical (unpaired) electrons. The molecule has 0 bridgehead atoms. The summed E-state index contributed by atoms with van der Waals surface area (Å²) in [6, 6.07) is 3.39. The Kier molecular flexibility index (Phi) is 7.09. The average Bonchev–Trinajstić information content (AvgIpc) is 2.46. The SMILES string of the molecule is CCCC(C)NC(=O)NN(CC(C)C)c1ccnc(C#N)n1. The molecule has 2 N–H and O–H groups in total. The minimum absolute atomic E-state index is 0.0767. The van der Waals surface area contributed by atoms with Crippen LogP contribution in [0.4, 0.5) is 10.6 Å². The van der Waals surface area contributed by atoms with E-state index in [-0.39, 0.29) is 17.9 Å². The molecular formula is C15H24N6O. The Morgan fingerprint density at radius 2 is 2.18 bits per heavy atom. The minimum Gasteiger partial charge on any atom is -0.334 e.